The molecule has 1 saturated heterocycles. The summed E-state index contributed by atoms with van der Waals surface area (Å²) in [5, 5.41) is 6.05. The van der Waals surface area contributed by atoms with Crippen LogP contribution in [0.4, 0.5) is 4.79 Å². The molecule has 1 atom stereocenters. The van der Waals surface area contributed by atoms with Gasteiger partial charge in [-0.3, -0.25) is 4.79 Å². The minimum Gasteiger partial charge on any atom is -0.342 e. The van der Waals surface area contributed by atoms with Gasteiger partial charge in [0, 0.05) is 25.0 Å². The van der Waals surface area contributed by atoms with Crippen molar-refractivity contribution in [1.29, 1.82) is 0 Å². The molecule has 0 aliphatic carbocycles. The van der Waals surface area contributed by atoms with Gasteiger partial charge in [0.25, 0.3) is 0 Å². The second kappa shape index (κ2) is 8.18. The molecule has 0 aromatic heterocycles. The van der Waals surface area contributed by atoms with E-state index >= 15 is 0 Å². The van der Waals surface area contributed by atoms with Crippen molar-refractivity contribution in [1.82, 2.24) is 15.5 Å². The first kappa shape index (κ1) is 18.3. The molecular formula is C19H29N3O2. The third-order valence-corrected chi connectivity index (χ3v) is 4.64. The summed E-state index contributed by atoms with van der Waals surface area (Å²) in [6.45, 7) is 9.32. The fourth-order valence-corrected chi connectivity index (χ4v) is 3.18. The topological polar surface area (TPSA) is 61.4 Å². The van der Waals surface area contributed by atoms with Crippen LogP contribution in [0, 0.1) is 12.8 Å². The molecule has 2 N–H and O–H groups in total. The van der Waals surface area contributed by atoms with E-state index in [2.05, 4.69) is 10.6 Å². The van der Waals surface area contributed by atoms with Crippen molar-refractivity contribution >= 4 is 11.9 Å². The summed E-state index contributed by atoms with van der Waals surface area (Å²) in [5.74, 6) is 0.235. The van der Waals surface area contributed by atoms with E-state index in [-0.39, 0.29) is 29.9 Å². The van der Waals surface area contributed by atoms with Gasteiger partial charge in [-0.25, -0.2) is 4.79 Å². The maximum absolute atomic E-state index is 12.2. The minimum absolute atomic E-state index is 0.0335. The van der Waals surface area contributed by atoms with Crippen molar-refractivity contribution in [2.75, 3.05) is 13.1 Å². The van der Waals surface area contributed by atoms with Crippen molar-refractivity contribution < 1.29 is 9.59 Å². The van der Waals surface area contributed by atoms with Gasteiger partial charge in [0.15, 0.2) is 0 Å². The van der Waals surface area contributed by atoms with Crippen LogP contribution in [0.1, 0.15) is 50.8 Å². The summed E-state index contributed by atoms with van der Waals surface area (Å²) in [5.41, 5.74) is 2.30. The molecule has 0 spiro atoms. The molecule has 5 nitrogen and oxygen atoms in total. The number of rotatable bonds is 4. The lowest BCUT2D eigenvalue weighted by Crippen LogP contribution is -2.50. The number of carbonyl (C=O) groups is 2. The molecule has 1 aromatic rings. The minimum atomic E-state index is -0.139. The lowest BCUT2D eigenvalue weighted by molar-refractivity contribution is -0.135. The number of piperidine rings is 1. The van der Waals surface area contributed by atoms with Crippen LogP contribution in [0.5, 0.6) is 0 Å². The number of urea groups is 1. The molecule has 24 heavy (non-hydrogen) atoms. The lowest BCUT2D eigenvalue weighted by Gasteiger charge is -2.33. The van der Waals surface area contributed by atoms with Gasteiger partial charge in [-0.15, -0.1) is 0 Å². The Kier molecular flexibility index (Phi) is 6.23. The van der Waals surface area contributed by atoms with Crippen molar-refractivity contribution in [3.05, 3.63) is 35.4 Å². The number of nitrogens with one attached hydrogen (secondary N) is 2. The Labute approximate surface area is 144 Å². The molecule has 1 aromatic carbocycles. The Hall–Kier alpha value is -2.04. The van der Waals surface area contributed by atoms with Gasteiger partial charge >= 0.3 is 6.03 Å². The SMILES string of the molecule is Cc1ccccc1C(C)NC(=O)NC1CCN(C(=O)C(C)C)CC1. The Bertz CT molecular complexity index is 578. The second-order valence-corrected chi connectivity index (χ2v) is 6.95. The first-order chi connectivity index (χ1) is 11.4. The summed E-state index contributed by atoms with van der Waals surface area (Å²) >= 11 is 0. The maximum atomic E-state index is 12.2. The van der Waals surface area contributed by atoms with Gasteiger partial charge in [0.1, 0.15) is 0 Å². The molecule has 0 bridgehead atoms. The van der Waals surface area contributed by atoms with Gasteiger partial charge in [-0.2, -0.15) is 0 Å². The monoisotopic (exact) mass is 331 g/mol. The van der Waals surface area contributed by atoms with Crippen molar-refractivity contribution in [2.45, 2.75) is 52.6 Å². The van der Waals surface area contributed by atoms with Crippen LogP contribution in [-0.2, 0) is 4.79 Å². The average Bonchev–Trinajstić information content (AvgIpc) is 2.55. The molecule has 5 heteroatoms. The summed E-state index contributed by atoms with van der Waals surface area (Å²) in [4.78, 5) is 26.1. The summed E-state index contributed by atoms with van der Waals surface area (Å²) < 4.78 is 0. The van der Waals surface area contributed by atoms with E-state index in [0.717, 1.165) is 31.5 Å². The fourth-order valence-electron chi connectivity index (χ4n) is 3.18. The molecule has 1 unspecified atom stereocenters. The summed E-state index contributed by atoms with van der Waals surface area (Å²) in [6, 6.07) is 8.03. The molecule has 3 amide bonds. The van der Waals surface area contributed by atoms with Gasteiger partial charge in [0.05, 0.1) is 6.04 Å². The van der Waals surface area contributed by atoms with E-state index in [1.54, 1.807) is 0 Å². The molecule has 1 aliphatic heterocycles. The van der Waals surface area contributed by atoms with E-state index in [1.807, 2.05) is 56.9 Å². The Morgan fingerprint density at radius 2 is 1.75 bits per heavy atom. The van der Waals surface area contributed by atoms with Crippen LogP contribution in [-0.4, -0.2) is 36.0 Å². The van der Waals surface area contributed by atoms with Crippen LogP contribution in [0.3, 0.4) is 0 Å². The van der Waals surface area contributed by atoms with E-state index in [1.165, 1.54) is 5.56 Å². The third kappa shape index (κ3) is 4.73. The average molecular weight is 331 g/mol. The van der Waals surface area contributed by atoms with Gasteiger partial charge in [-0.05, 0) is 37.8 Å². The van der Waals surface area contributed by atoms with E-state index in [9.17, 15) is 9.59 Å². The van der Waals surface area contributed by atoms with Crippen LogP contribution >= 0.6 is 0 Å². The summed E-state index contributed by atoms with van der Waals surface area (Å²) in [7, 11) is 0. The third-order valence-electron chi connectivity index (χ3n) is 4.64. The Morgan fingerprint density at radius 1 is 1.12 bits per heavy atom. The quantitative estimate of drug-likeness (QED) is 0.891. The molecule has 1 fully saturated rings. The summed E-state index contributed by atoms with van der Waals surface area (Å²) in [6.07, 6.45) is 1.62. The first-order valence-corrected chi connectivity index (χ1v) is 8.79. The molecule has 0 saturated carbocycles. The van der Waals surface area contributed by atoms with Crippen LogP contribution in [0.15, 0.2) is 24.3 Å². The van der Waals surface area contributed by atoms with E-state index in [0.29, 0.717) is 0 Å². The molecular weight excluding hydrogens is 302 g/mol. The van der Waals surface area contributed by atoms with Gasteiger partial charge < -0.3 is 15.5 Å². The maximum Gasteiger partial charge on any atom is 0.315 e. The number of amides is 3. The van der Waals surface area contributed by atoms with Gasteiger partial charge in [-0.1, -0.05) is 38.1 Å². The fraction of sp³-hybridized carbons (Fsp3) is 0.579. The second-order valence-electron chi connectivity index (χ2n) is 6.95. The predicted octanol–water partition coefficient (Wildman–Crippen LogP) is 3.00. The van der Waals surface area contributed by atoms with Gasteiger partial charge in [0.2, 0.25) is 5.91 Å². The zero-order valence-corrected chi connectivity index (χ0v) is 15.1. The predicted molar refractivity (Wildman–Crippen MR) is 95.7 cm³/mol. The molecule has 0 radical (unpaired) electrons. The normalized spacial score (nSPS) is 16.8. The number of likely N-dealkylation sites (tertiary alicyclic amines) is 1. The van der Waals surface area contributed by atoms with Crippen molar-refractivity contribution in [3.63, 3.8) is 0 Å². The number of aryl methyl sites for hydroxylation is 1. The zero-order valence-electron chi connectivity index (χ0n) is 15.1. The Balaban J connectivity index is 1.80. The highest BCUT2D eigenvalue weighted by atomic mass is 16.2. The number of hydrogen-bond donors (Lipinski definition) is 2. The highest BCUT2D eigenvalue weighted by molar-refractivity contribution is 5.78. The molecule has 2 rings (SSSR count). The molecule has 1 aliphatic rings. The number of carbonyl (C=O) groups excluding carboxylic acids is 2. The van der Waals surface area contributed by atoms with Crippen LogP contribution < -0.4 is 10.6 Å². The van der Waals surface area contributed by atoms with E-state index < -0.39 is 0 Å². The van der Waals surface area contributed by atoms with Crippen LogP contribution in [0.25, 0.3) is 0 Å². The largest absolute Gasteiger partial charge is 0.342 e. The smallest absolute Gasteiger partial charge is 0.315 e. The van der Waals surface area contributed by atoms with Crippen molar-refractivity contribution in [2.24, 2.45) is 5.92 Å². The highest BCUT2D eigenvalue weighted by Crippen LogP contribution is 2.17. The molecule has 132 valence electrons. The number of hydrogen-bond acceptors (Lipinski definition) is 2. The first-order valence-electron chi connectivity index (χ1n) is 8.79. The van der Waals surface area contributed by atoms with E-state index in [4.69, 9.17) is 0 Å². The Morgan fingerprint density at radius 3 is 2.33 bits per heavy atom. The lowest BCUT2D eigenvalue weighted by atomic mass is 10.0. The highest BCUT2D eigenvalue weighted by Gasteiger charge is 2.25. The standard InChI is InChI=1S/C19H29N3O2/c1-13(2)18(23)22-11-9-16(10-12-22)21-19(24)20-15(4)17-8-6-5-7-14(17)3/h5-8,13,15-16H,9-12H2,1-4H3,(H2,20,21,24). The number of benzene rings is 1. The molecule has 1 heterocycles. The number of nitrogens with zero attached hydrogens (tertiary/aromatic N) is 1. The van der Waals surface area contributed by atoms with Crippen molar-refractivity contribution in [3.8, 4) is 0 Å². The zero-order chi connectivity index (χ0) is 17.7. The van der Waals surface area contributed by atoms with Crippen LogP contribution in [0.2, 0.25) is 0 Å².